The Morgan fingerprint density at radius 1 is 1.26 bits per heavy atom. The van der Waals surface area contributed by atoms with Crippen molar-refractivity contribution < 1.29 is 22.7 Å². The molecule has 2 unspecified atom stereocenters. The summed E-state index contributed by atoms with van der Waals surface area (Å²) in [5, 5.41) is 0. The lowest BCUT2D eigenvalue weighted by atomic mass is 9.96. The van der Waals surface area contributed by atoms with E-state index in [0.29, 0.717) is 13.0 Å². The van der Waals surface area contributed by atoms with Crippen LogP contribution in [-0.4, -0.2) is 23.6 Å². The Hall–Kier alpha value is -1.72. The van der Waals surface area contributed by atoms with Gasteiger partial charge in [0.05, 0.1) is 11.6 Å². The molecule has 0 bridgehead atoms. The summed E-state index contributed by atoms with van der Waals surface area (Å²) in [7, 11) is 0. The Balaban J connectivity index is 2.01. The highest BCUT2D eigenvalue weighted by Gasteiger charge is 2.47. The van der Waals surface area contributed by atoms with Gasteiger partial charge < -0.3 is 9.64 Å². The molecule has 0 radical (unpaired) electrons. The minimum absolute atomic E-state index is 0.0535. The standard InChI is InChI=1S/C13H12F3NO2/c14-13(15,16)9-5-2-1-4-8(9)11-10-6-3-7-17(10)12(18)19-11/h1-2,4-5,10-11H,3,6-7H2. The smallest absolute Gasteiger partial charge is 0.416 e. The van der Waals surface area contributed by atoms with E-state index in [1.54, 1.807) is 0 Å². The zero-order valence-electron chi connectivity index (χ0n) is 9.98. The van der Waals surface area contributed by atoms with E-state index in [9.17, 15) is 18.0 Å². The summed E-state index contributed by atoms with van der Waals surface area (Å²) in [6.07, 6.45) is -4.26. The maximum absolute atomic E-state index is 13.0. The zero-order chi connectivity index (χ0) is 13.6. The zero-order valence-corrected chi connectivity index (χ0v) is 9.98. The molecule has 102 valence electrons. The van der Waals surface area contributed by atoms with Gasteiger partial charge in [0.15, 0.2) is 0 Å². The number of fused-ring (bicyclic) bond motifs is 1. The number of hydrogen-bond acceptors (Lipinski definition) is 2. The first-order valence-corrected chi connectivity index (χ1v) is 6.12. The Bertz CT molecular complexity index is 515. The number of rotatable bonds is 1. The van der Waals surface area contributed by atoms with Gasteiger partial charge in [-0.2, -0.15) is 13.2 Å². The van der Waals surface area contributed by atoms with E-state index in [-0.39, 0.29) is 11.6 Å². The second-order valence-electron chi connectivity index (χ2n) is 4.79. The van der Waals surface area contributed by atoms with Crippen molar-refractivity contribution in [1.29, 1.82) is 0 Å². The first kappa shape index (κ1) is 12.3. The summed E-state index contributed by atoms with van der Waals surface area (Å²) < 4.78 is 44.1. The highest BCUT2D eigenvalue weighted by molar-refractivity contribution is 5.71. The molecular weight excluding hydrogens is 259 g/mol. The van der Waals surface area contributed by atoms with Gasteiger partial charge in [-0.25, -0.2) is 4.79 Å². The fraction of sp³-hybridized carbons (Fsp3) is 0.462. The van der Waals surface area contributed by atoms with Gasteiger partial charge in [0, 0.05) is 12.1 Å². The van der Waals surface area contributed by atoms with E-state index in [1.807, 2.05) is 0 Å². The number of amides is 1. The van der Waals surface area contributed by atoms with Gasteiger partial charge in [0.25, 0.3) is 0 Å². The van der Waals surface area contributed by atoms with E-state index in [4.69, 9.17) is 4.74 Å². The molecule has 6 heteroatoms. The van der Waals surface area contributed by atoms with Crippen molar-refractivity contribution in [2.24, 2.45) is 0 Å². The summed E-state index contributed by atoms with van der Waals surface area (Å²) in [5.74, 6) is 0. The number of hydrogen-bond donors (Lipinski definition) is 0. The van der Waals surface area contributed by atoms with Crippen molar-refractivity contribution in [1.82, 2.24) is 4.90 Å². The monoisotopic (exact) mass is 271 g/mol. The van der Waals surface area contributed by atoms with Gasteiger partial charge in [0.2, 0.25) is 0 Å². The lowest BCUT2D eigenvalue weighted by Crippen LogP contribution is -2.28. The number of carbonyl (C=O) groups excluding carboxylic acids is 1. The normalized spacial score (nSPS) is 26.5. The molecule has 0 aromatic heterocycles. The quantitative estimate of drug-likeness (QED) is 0.783. The van der Waals surface area contributed by atoms with Crippen LogP contribution in [0.15, 0.2) is 24.3 Å². The van der Waals surface area contributed by atoms with Gasteiger partial charge >= 0.3 is 12.3 Å². The van der Waals surface area contributed by atoms with Gasteiger partial charge in [-0.15, -0.1) is 0 Å². The third-order valence-electron chi connectivity index (χ3n) is 3.68. The van der Waals surface area contributed by atoms with Crippen LogP contribution in [0.4, 0.5) is 18.0 Å². The van der Waals surface area contributed by atoms with Crippen molar-refractivity contribution in [3.63, 3.8) is 0 Å². The predicted octanol–water partition coefficient (Wildman–Crippen LogP) is 3.36. The fourth-order valence-electron chi connectivity index (χ4n) is 2.86. The topological polar surface area (TPSA) is 29.5 Å². The molecule has 2 fully saturated rings. The number of halogens is 3. The van der Waals surface area contributed by atoms with Crippen LogP contribution in [0.3, 0.4) is 0 Å². The number of carbonyl (C=O) groups is 1. The number of alkyl halides is 3. The van der Waals surface area contributed by atoms with Crippen LogP contribution in [0.25, 0.3) is 0 Å². The predicted molar refractivity (Wildman–Crippen MR) is 60.4 cm³/mol. The highest BCUT2D eigenvalue weighted by atomic mass is 19.4. The molecular formula is C13H12F3NO2. The van der Waals surface area contributed by atoms with Crippen LogP contribution in [0.2, 0.25) is 0 Å². The van der Waals surface area contributed by atoms with E-state index in [1.165, 1.54) is 23.1 Å². The first-order chi connectivity index (χ1) is 8.98. The molecule has 2 aliphatic rings. The van der Waals surface area contributed by atoms with E-state index >= 15 is 0 Å². The summed E-state index contributed by atoms with van der Waals surface area (Å²) >= 11 is 0. The molecule has 0 aliphatic carbocycles. The number of benzene rings is 1. The molecule has 1 aromatic carbocycles. The Morgan fingerprint density at radius 3 is 2.74 bits per heavy atom. The lowest BCUT2D eigenvalue weighted by molar-refractivity contribution is -0.139. The van der Waals surface area contributed by atoms with Crippen LogP contribution in [-0.2, 0) is 10.9 Å². The third kappa shape index (κ3) is 1.95. The SMILES string of the molecule is O=C1OC(c2ccccc2C(F)(F)F)C2CCCN12. The Labute approximate surface area is 108 Å². The molecule has 19 heavy (non-hydrogen) atoms. The molecule has 2 heterocycles. The van der Waals surface area contributed by atoms with Crippen LogP contribution in [0.5, 0.6) is 0 Å². The van der Waals surface area contributed by atoms with Gasteiger partial charge in [-0.3, -0.25) is 0 Å². The third-order valence-corrected chi connectivity index (χ3v) is 3.68. The average molecular weight is 271 g/mol. The summed E-state index contributed by atoms with van der Waals surface area (Å²) in [5.41, 5.74) is -0.667. The average Bonchev–Trinajstić information content (AvgIpc) is 2.93. The van der Waals surface area contributed by atoms with Crippen molar-refractivity contribution in [2.45, 2.75) is 31.2 Å². The van der Waals surface area contributed by atoms with Gasteiger partial charge in [-0.05, 0) is 18.9 Å². The number of ether oxygens (including phenoxy) is 1. The highest BCUT2D eigenvalue weighted by Crippen LogP contribution is 2.43. The molecule has 1 aromatic rings. The van der Waals surface area contributed by atoms with Crippen LogP contribution >= 0.6 is 0 Å². The molecule has 3 nitrogen and oxygen atoms in total. The first-order valence-electron chi connectivity index (χ1n) is 6.12. The van der Waals surface area contributed by atoms with Gasteiger partial charge in [-0.1, -0.05) is 18.2 Å². The summed E-state index contributed by atoms with van der Waals surface area (Å²) in [6.45, 7) is 0.564. The second-order valence-corrected chi connectivity index (χ2v) is 4.79. The summed E-state index contributed by atoms with van der Waals surface area (Å²) in [4.78, 5) is 13.1. The van der Waals surface area contributed by atoms with Crippen molar-refractivity contribution in [3.8, 4) is 0 Å². The van der Waals surface area contributed by atoms with Crippen molar-refractivity contribution in [3.05, 3.63) is 35.4 Å². The summed E-state index contributed by atoms with van der Waals surface area (Å²) in [6, 6.07) is 5.03. The van der Waals surface area contributed by atoms with Gasteiger partial charge in [0.1, 0.15) is 6.10 Å². The largest absolute Gasteiger partial charge is 0.439 e. The van der Waals surface area contributed by atoms with E-state index < -0.39 is 23.9 Å². The van der Waals surface area contributed by atoms with Crippen molar-refractivity contribution in [2.75, 3.05) is 6.54 Å². The van der Waals surface area contributed by atoms with E-state index in [0.717, 1.165) is 12.5 Å². The fourth-order valence-corrected chi connectivity index (χ4v) is 2.86. The molecule has 2 saturated heterocycles. The minimum Gasteiger partial charge on any atom is -0.439 e. The van der Waals surface area contributed by atoms with Crippen molar-refractivity contribution >= 4 is 6.09 Å². The van der Waals surface area contributed by atoms with Crippen LogP contribution in [0, 0.1) is 0 Å². The number of nitrogens with zero attached hydrogens (tertiary/aromatic N) is 1. The molecule has 1 amide bonds. The Morgan fingerprint density at radius 2 is 2.00 bits per heavy atom. The molecule has 2 atom stereocenters. The minimum atomic E-state index is -4.44. The molecule has 2 aliphatic heterocycles. The Kier molecular flexibility index (Phi) is 2.69. The van der Waals surface area contributed by atoms with Crippen LogP contribution < -0.4 is 0 Å². The molecule has 0 saturated carbocycles. The maximum Gasteiger partial charge on any atom is 0.416 e. The number of cyclic esters (lactones) is 1. The van der Waals surface area contributed by atoms with Crippen LogP contribution in [0.1, 0.15) is 30.1 Å². The lowest BCUT2D eigenvalue weighted by Gasteiger charge is -2.20. The maximum atomic E-state index is 13.0. The molecule has 0 spiro atoms. The second kappa shape index (κ2) is 4.15. The van der Waals surface area contributed by atoms with E-state index in [2.05, 4.69) is 0 Å². The molecule has 0 N–H and O–H groups in total. The molecule has 3 rings (SSSR count).